The van der Waals surface area contributed by atoms with Gasteiger partial charge in [-0.2, -0.15) is 0 Å². The predicted molar refractivity (Wildman–Crippen MR) is 81.9 cm³/mol. The van der Waals surface area contributed by atoms with Crippen molar-refractivity contribution in [2.24, 2.45) is 0 Å². The Morgan fingerprint density at radius 2 is 1.32 bits per heavy atom. The summed E-state index contributed by atoms with van der Waals surface area (Å²) in [5.74, 6) is -5.89. The fraction of sp³-hybridized carbons (Fsp3) is 0.250. The summed E-state index contributed by atoms with van der Waals surface area (Å²) in [7, 11) is -2.39. The molecule has 0 aliphatic heterocycles. The Kier molecular flexibility index (Phi) is 6.27. The fourth-order valence-corrected chi connectivity index (χ4v) is 2.25. The summed E-state index contributed by atoms with van der Waals surface area (Å²) in [5, 5.41) is 17.2. The zero-order chi connectivity index (χ0) is 18.6. The van der Waals surface area contributed by atoms with Crippen LogP contribution < -0.4 is 9.39 Å². The van der Waals surface area contributed by atoms with Gasteiger partial charge < -0.3 is 19.4 Å². The van der Waals surface area contributed by atoms with Gasteiger partial charge in [0.15, 0.2) is 34.8 Å². The molecule has 2 aromatic carbocycles. The topological polar surface area (TPSA) is 58.9 Å². The van der Waals surface area contributed by atoms with Crippen LogP contribution in [-0.4, -0.2) is 17.4 Å². The van der Waals surface area contributed by atoms with Crippen molar-refractivity contribution in [3.8, 4) is 11.5 Å². The Morgan fingerprint density at radius 3 is 1.80 bits per heavy atom. The average molecular weight is 358 g/mol. The Labute approximate surface area is 141 Å². The van der Waals surface area contributed by atoms with Crippen LogP contribution in [0.1, 0.15) is 24.5 Å². The maximum absolute atomic E-state index is 13.9. The molecule has 0 aromatic heterocycles. The van der Waals surface area contributed by atoms with E-state index in [0.717, 1.165) is 24.3 Å². The van der Waals surface area contributed by atoms with Gasteiger partial charge in [-0.05, 0) is 41.8 Å². The van der Waals surface area contributed by atoms with Crippen LogP contribution in [0.3, 0.4) is 0 Å². The molecule has 0 bridgehead atoms. The molecule has 0 saturated carbocycles. The van der Waals surface area contributed by atoms with Gasteiger partial charge in [0, 0.05) is 0 Å². The van der Waals surface area contributed by atoms with Gasteiger partial charge in [0.2, 0.25) is 0 Å². The summed E-state index contributed by atoms with van der Waals surface area (Å²) in [4.78, 5) is 0. The maximum atomic E-state index is 13.9. The largest absolute Gasteiger partial charge is 0.707 e. The Bertz CT molecular complexity index is 709. The lowest BCUT2D eigenvalue weighted by molar-refractivity contribution is 0.267. The molecule has 0 atom stereocenters. The van der Waals surface area contributed by atoms with Crippen molar-refractivity contribution in [2.45, 2.75) is 26.4 Å². The van der Waals surface area contributed by atoms with E-state index in [0.29, 0.717) is 18.4 Å². The van der Waals surface area contributed by atoms with Gasteiger partial charge in [0.1, 0.15) is 6.61 Å². The van der Waals surface area contributed by atoms with Gasteiger partial charge in [-0.25, -0.2) is 17.6 Å². The first-order valence-corrected chi connectivity index (χ1v) is 7.43. The molecule has 2 aromatic rings. The van der Waals surface area contributed by atoms with Crippen LogP contribution in [0.15, 0.2) is 24.3 Å². The highest BCUT2D eigenvalue weighted by Gasteiger charge is 2.20. The second kappa shape index (κ2) is 8.22. The van der Waals surface area contributed by atoms with E-state index in [2.05, 4.69) is 4.65 Å². The van der Waals surface area contributed by atoms with Gasteiger partial charge in [-0.15, -0.1) is 0 Å². The molecule has 4 nitrogen and oxygen atoms in total. The lowest BCUT2D eigenvalue weighted by atomic mass is 10.1. The van der Waals surface area contributed by atoms with E-state index in [-0.39, 0.29) is 5.56 Å². The number of ether oxygens (including phenoxy) is 1. The summed E-state index contributed by atoms with van der Waals surface area (Å²) >= 11 is 0. The lowest BCUT2D eigenvalue weighted by Crippen LogP contribution is -2.22. The number of hydrogen-bond donors (Lipinski definition) is 2. The first-order valence-electron chi connectivity index (χ1n) is 7.43. The normalized spacial score (nSPS) is 10.7. The summed E-state index contributed by atoms with van der Waals surface area (Å²) in [6, 6.07) is 3.87. The molecular weight excluding hydrogens is 343 g/mol. The molecule has 0 saturated heterocycles. The van der Waals surface area contributed by atoms with E-state index < -0.39 is 48.7 Å². The number of halogens is 4. The monoisotopic (exact) mass is 358 g/mol. The minimum Gasteiger partial charge on any atom is -0.508 e. The van der Waals surface area contributed by atoms with Crippen molar-refractivity contribution in [3.63, 3.8) is 0 Å². The smallest absolute Gasteiger partial charge is 0.508 e. The molecule has 0 unspecified atom stereocenters. The van der Waals surface area contributed by atoms with E-state index >= 15 is 0 Å². The third kappa shape index (κ3) is 4.86. The minimum absolute atomic E-state index is 0.0637. The first-order chi connectivity index (χ1) is 11.8. The second-order valence-electron chi connectivity index (χ2n) is 5.26. The predicted octanol–water partition coefficient (Wildman–Crippen LogP) is 3.12. The van der Waals surface area contributed by atoms with Crippen molar-refractivity contribution in [1.82, 2.24) is 0 Å². The number of hydrogen-bond acceptors (Lipinski definition) is 4. The molecule has 2 N–H and O–H groups in total. The fourth-order valence-electron chi connectivity index (χ4n) is 2.25. The second-order valence-corrected chi connectivity index (χ2v) is 5.26. The molecule has 0 fully saturated rings. The lowest BCUT2D eigenvalue weighted by Gasteiger charge is -2.12. The first kappa shape index (κ1) is 19.1. The van der Waals surface area contributed by atoms with Gasteiger partial charge in [0.25, 0.3) is 0 Å². The van der Waals surface area contributed by atoms with E-state index in [4.69, 9.17) is 14.8 Å². The van der Waals surface area contributed by atoms with Crippen LogP contribution in [0.4, 0.5) is 17.6 Å². The highest BCUT2D eigenvalue weighted by atomic mass is 19.1. The van der Waals surface area contributed by atoms with Gasteiger partial charge >= 0.3 is 7.32 Å². The van der Waals surface area contributed by atoms with Crippen molar-refractivity contribution in [3.05, 3.63) is 58.7 Å². The van der Waals surface area contributed by atoms with Crippen LogP contribution in [0.5, 0.6) is 11.5 Å². The van der Waals surface area contributed by atoms with Crippen LogP contribution in [0, 0.1) is 23.3 Å². The summed E-state index contributed by atoms with van der Waals surface area (Å²) < 4.78 is 64.4. The molecule has 0 aliphatic rings. The summed E-state index contributed by atoms with van der Waals surface area (Å²) in [6.07, 6.45) is 1.22. The molecule has 0 heterocycles. The summed E-state index contributed by atoms with van der Waals surface area (Å²) in [6.45, 7) is 1.36. The molecule has 0 radical (unpaired) electrons. The minimum atomic E-state index is -2.39. The van der Waals surface area contributed by atoms with Gasteiger partial charge in [-0.3, -0.25) is 0 Å². The summed E-state index contributed by atoms with van der Waals surface area (Å²) in [5.41, 5.74) is 0.414. The SMILES string of the molecule is CCCc1cc(F)c(OCc2cc(F)c(OB(O)O)c(F)c2)c(F)c1. The zero-order valence-electron chi connectivity index (χ0n) is 13.2. The average Bonchev–Trinajstić information content (AvgIpc) is 2.50. The van der Waals surface area contributed by atoms with Crippen molar-refractivity contribution in [2.75, 3.05) is 0 Å². The molecule has 0 aliphatic carbocycles. The third-order valence-electron chi connectivity index (χ3n) is 3.26. The van der Waals surface area contributed by atoms with Crippen LogP contribution in [0.25, 0.3) is 0 Å². The standard InChI is InChI=1S/C16H15BF4O4/c1-2-3-9-4-11(18)15(12(19)5-9)24-8-10-6-13(20)16(14(21)7-10)25-17(22)23/h4-7,22-23H,2-3,8H2,1H3. The molecule has 134 valence electrons. The Morgan fingerprint density at radius 1 is 0.840 bits per heavy atom. The molecule has 2 rings (SSSR count). The van der Waals surface area contributed by atoms with Crippen LogP contribution in [0.2, 0.25) is 0 Å². The van der Waals surface area contributed by atoms with Crippen molar-refractivity contribution in [1.29, 1.82) is 0 Å². The van der Waals surface area contributed by atoms with Crippen LogP contribution >= 0.6 is 0 Å². The zero-order valence-corrected chi connectivity index (χ0v) is 13.2. The number of benzene rings is 2. The van der Waals surface area contributed by atoms with Crippen molar-refractivity contribution < 1.29 is 37.0 Å². The molecular formula is C16H15BF4O4. The maximum Gasteiger partial charge on any atom is 0.707 e. The molecule has 25 heavy (non-hydrogen) atoms. The Balaban J connectivity index is 2.16. The van der Waals surface area contributed by atoms with Crippen molar-refractivity contribution >= 4 is 7.32 Å². The number of aryl methyl sites for hydroxylation is 1. The quantitative estimate of drug-likeness (QED) is 0.590. The highest BCUT2D eigenvalue weighted by molar-refractivity contribution is 6.33. The van der Waals surface area contributed by atoms with E-state index in [1.165, 1.54) is 0 Å². The third-order valence-corrected chi connectivity index (χ3v) is 3.26. The van der Waals surface area contributed by atoms with E-state index in [9.17, 15) is 17.6 Å². The molecule has 0 amide bonds. The van der Waals surface area contributed by atoms with Crippen LogP contribution in [-0.2, 0) is 13.0 Å². The van der Waals surface area contributed by atoms with E-state index in [1.54, 1.807) is 0 Å². The molecule has 9 heteroatoms. The molecule has 0 spiro atoms. The van der Waals surface area contributed by atoms with Gasteiger partial charge in [-0.1, -0.05) is 13.3 Å². The Hall–Kier alpha value is -2.26. The highest BCUT2D eigenvalue weighted by Crippen LogP contribution is 2.27. The van der Waals surface area contributed by atoms with E-state index in [1.807, 2.05) is 6.92 Å². The van der Waals surface area contributed by atoms with Gasteiger partial charge in [0.05, 0.1) is 0 Å². The number of rotatable bonds is 7.